The average Bonchev–Trinajstić information content (AvgIpc) is 2.47. The lowest BCUT2D eigenvalue weighted by Crippen LogP contribution is -2.20. The minimum absolute atomic E-state index is 0.322. The molecule has 0 aliphatic rings. The third-order valence-corrected chi connectivity index (χ3v) is 3.44. The maximum atomic E-state index is 12.1. The van der Waals surface area contributed by atoms with E-state index in [1.807, 2.05) is 48.5 Å². The van der Waals surface area contributed by atoms with Gasteiger partial charge in [-0.1, -0.05) is 42.5 Å². The summed E-state index contributed by atoms with van der Waals surface area (Å²) in [7, 11) is 0. The van der Waals surface area contributed by atoms with Gasteiger partial charge in [-0.25, -0.2) is 9.78 Å². The fraction of sp³-hybridized carbons (Fsp3) is 0. The lowest BCUT2D eigenvalue weighted by Gasteiger charge is -2.09. The number of nitrogens with zero attached hydrogens (tertiary/aromatic N) is 1. The summed E-state index contributed by atoms with van der Waals surface area (Å²) in [6.45, 7) is 0. The number of amides is 2. The van der Waals surface area contributed by atoms with E-state index in [2.05, 4.69) is 31.5 Å². The molecular formula is C16H12BrN3O. The Kier molecular flexibility index (Phi) is 3.83. The van der Waals surface area contributed by atoms with Gasteiger partial charge in [0.1, 0.15) is 10.4 Å². The molecule has 0 bridgehead atoms. The van der Waals surface area contributed by atoms with Crippen molar-refractivity contribution in [1.82, 2.24) is 4.98 Å². The molecule has 2 amide bonds. The Morgan fingerprint density at radius 1 is 0.905 bits per heavy atom. The van der Waals surface area contributed by atoms with Gasteiger partial charge in [-0.2, -0.15) is 0 Å². The van der Waals surface area contributed by atoms with Gasteiger partial charge in [-0.05, 0) is 39.5 Å². The van der Waals surface area contributed by atoms with Gasteiger partial charge in [-0.3, -0.25) is 5.32 Å². The summed E-state index contributed by atoms with van der Waals surface area (Å²) in [4.78, 5) is 16.2. The molecule has 1 heterocycles. The molecule has 0 fully saturated rings. The molecule has 1 aromatic heterocycles. The number of benzene rings is 2. The van der Waals surface area contributed by atoms with Gasteiger partial charge in [0.15, 0.2) is 0 Å². The van der Waals surface area contributed by atoms with Gasteiger partial charge < -0.3 is 5.32 Å². The second-order valence-electron chi connectivity index (χ2n) is 4.45. The number of hydrogen-bond acceptors (Lipinski definition) is 2. The average molecular weight is 342 g/mol. The second-order valence-corrected chi connectivity index (χ2v) is 5.26. The monoisotopic (exact) mass is 341 g/mol. The molecule has 4 nitrogen and oxygen atoms in total. The molecule has 21 heavy (non-hydrogen) atoms. The Labute approximate surface area is 130 Å². The van der Waals surface area contributed by atoms with Crippen LogP contribution in [0, 0.1) is 0 Å². The standard InChI is InChI=1S/C16H12BrN3O/c17-14-9-4-10-15(19-14)20-16(21)18-13-8-3-6-11-5-1-2-7-12(11)13/h1-10H,(H2,18,19,20,21). The smallest absolute Gasteiger partial charge is 0.307 e. The predicted octanol–water partition coefficient (Wildman–Crippen LogP) is 4.64. The topological polar surface area (TPSA) is 54.0 Å². The first-order valence-corrected chi connectivity index (χ1v) is 7.20. The molecule has 0 spiro atoms. The van der Waals surface area contributed by atoms with E-state index in [4.69, 9.17) is 0 Å². The number of hydrogen-bond donors (Lipinski definition) is 2. The van der Waals surface area contributed by atoms with Crippen molar-refractivity contribution in [1.29, 1.82) is 0 Å². The van der Waals surface area contributed by atoms with Gasteiger partial charge in [-0.15, -0.1) is 0 Å². The highest BCUT2D eigenvalue weighted by Gasteiger charge is 2.06. The number of urea groups is 1. The van der Waals surface area contributed by atoms with Crippen LogP contribution >= 0.6 is 15.9 Å². The zero-order chi connectivity index (χ0) is 14.7. The van der Waals surface area contributed by atoms with Crippen molar-refractivity contribution in [3.05, 3.63) is 65.3 Å². The molecule has 0 saturated heterocycles. The predicted molar refractivity (Wildman–Crippen MR) is 88.5 cm³/mol. The third-order valence-electron chi connectivity index (χ3n) is 2.99. The van der Waals surface area contributed by atoms with Gasteiger partial charge in [0.2, 0.25) is 0 Å². The van der Waals surface area contributed by atoms with Crippen molar-refractivity contribution in [3.8, 4) is 0 Å². The molecule has 104 valence electrons. The zero-order valence-electron chi connectivity index (χ0n) is 11.0. The first kappa shape index (κ1) is 13.6. The molecule has 5 heteroatoms. The van der Waals surface area contributed by atoms with E-state index in [1.165, 1.54) is 0 Å². The van der Waals surface area contributed by atoms with Crippen LogP contribution in [0.3, 0.4) is 0 Å². The number of pyridine rings is 1. The fourth-order valence-corrected chi connectivity index (χ4v) is 2.43. The molecule has 3 rings (SSSR count). The first-order valence-electron chi connectivity index (χ1n) is 6.41. The highest BCUT2D eigenvalue weighted by Crippen LogP contribution is 2.23. The first-order chi connectivity index (χ1) is 10.2. The van der Waals surface area contributed by atoms with Crippen molar-refractivity contribution >= 4 is 44.2 Å². The molecule has 0 radical (unpaired) electrons. The summed E-state index contributed by atoms with van der Waals surface area (Å²) in [6.07, 6.45) is 0. The number of halogens is 1. The van der Waals surface area contributed by atoms with Crippen LogP contribution in [-0.2, 0) is 0 Å². The number of carbonyl (C=O) groups excluding carboxylic acids is 1. The number of carbonyl (C=O) groups is 1. The van der Waals surface area contributed by atoms with E-state index >= 15 is 0 Å². The molecule has 2 N–H and O–H groups in total. The summed E-state index contributed by atoms with van der Waals surface area (Å²) in [5.41, 5.74) is 0.764. The Bertz CT molecular complexity index is 799. The van der Waals surface area contributed by atoms with E-state index in [0.717, 1.165) is 16.5 Å². The fourth-order valence-electron chi connectivity index (χ4n) is 2.08. The maximum absolute atomic E-state index is 12.1. The number of fused-ring (bicyclic) bond motifs is 1. The summed E-state index contributed by atoms with van der Waals surface area (Å²) in [6, 6.07) is 18.7. The van der Waals surface area contributed by atoms with Gasteiger partial charge in [0.05, 0.1) is 5.69 Å². The normalized spacial score (nSPS) is 10.3. The number of anilines is 2. The lowest BCUT2D eigenvalue weighted by molar-refractivity contribution is 0.262. The molecule has 0 unspecified atom stereocenters. The lowest BCUT2D eigenvalue weighted by atomic mass is 10.1. The molecule has 2 aromatic carbocycles. The summed E-state index contributed by atoms with van der Waals surface area (Å²) in [5, 5.41) is 7.63. The molecule has 0 aliphatic carbocycles. The molecule has 0 aliphatic heterocycles. The van der Waals surface area contributed by atoms with E-state index in [9.17, 15) is 4.79 Å². The van der Waals surface area contributed by atoms with E-state index < -0.39 is 0 Å². The Morgan fingerprint density at radius 3 is 2.52 bits per heavy atom. The second kappa shape index (κ2) is 5.93. The number of rotatable bonds is 2. The van der Waals surface area contributed by atoms with Gasteiger partial charge >= 0.3 is 6.03 Å². The quantitative estimate of drug-likeness (QED) is 0.667. The van der Waals surface area contributed by atoms with Crippen LogP contribution in [0.1, 0.15) is 0 Å². The van der Waals surface area contributed by atoms with Crippen molar-refractivity contribution in [3.63, 3.8) is 0 Å². The molecule has 0 saturated carbocycles. The highest BCUT2D eigenvalue weighted by atomic mass is 79.9. The SMILES string of the molecule is O=C(Nc1cccc(Br)n1)Nc1cccc2ccccc12. The van der Waals surface area contributed by atoms with E-state index in [1.54, 1.807) is 12.1 Å². The van der Waals surface area contributed by atoms with Crippen LogP contribution in [0.15, 0.2) is 65.3 Å². The molecular weight excluding hydrogens is 330 g/mol. The minimum Gasteiger partial charge on any atom is -0.307 e. The maximum Gasteiger partial charge on any atom is 0.324 e. The molecule has 0 atom stereocenters. The number of aromatic nitrogens is 1. The van der Waals surface area contributed by atoms with Crippen molar-refractivity contribution in [2.24, 2.45) is 0 Å². The van der Waals surface area contributed by atoms with E-state index in [-0.39, 0.29) is 6.03 Å². The molecule has 3 aromatic rings. The van der Waals surface area contributed by atoms with Crippen molar-refractivity contribution < 1.29 is 4.79 Å². The van der Waals surface area contributed by atoms with Crippen LogP contribution in [0.5, 0.6) is 0 Å². The summed E-state index contributed by atoms with van der Waals surface area (Å²) in [5.74, 6) is 0.488. The van der Waals surface area contributed by atoms with Crippen molar-refractivity contribution in [2.75, 3.05) is 10.6 Å². The van der Waals surface area contributed by atoms with Crippen LogP contribution in [0.2, 0.25) is 0 Å². The van der Waals surface area contributed by atoms with E-state index in [0.29, 0.717) is 10.4 Å². The summed E-state index contributed by atoms with van der Waals surface area (Å²) < 4.78 is 0.672. The Balaban J connectivity index is 1.80. The summed E-state index contributed by atoms with van der Waals surface area (Å²) >= 11 is 3.27. The zero-order valence-corrected chi connectivity index (χ0v) is 12.6. The third kappa shape index (κ3) is 3.20. The van der Waals surface area contributed by atoms with Crippen LogP contribution < -0.4 is 10.6 Å². The van der Waals surface area contributed by atoms with Gasteiger partial charge in [0.25, 0.3) is 0 Å². The van der Waals surface area contributed by atoms with Crippen LogP contribution in [-0.4, -0.2) is 11.0 Å². The number of nitrogens with one attached hydrogen (secondary N) is 2. The Hall–Kier alpha value is -2.40. The largest absolute Gasteiger partial charge is 0.324 e. The van der Waals surface area contributed by atoms with Gasteiger partial charge in [0, 0.05) is 5.39 Å². The van der Waals surface area contributed by atoms with Crippen molar-refractivity contribution in [2.45, 2.75) is 0 Å². The minimum atomic E-state index is -0.322. The Morgan fingerprint density at radius 2 is 1.67 bits per heavy atom. The van der Waals surface area contributed by atoms with Crippen LogP contribution in [0.25, 0.3) is 10.8 Å². The van der Waals surface area contributed by atoms with Crippen LogP contribution in [0.4, 0.5) is 16.3 Å². The highest BCUT2D eigenvalue weighted by molar-refractivity contribution is 9.10.